The number of aryl methyl sites for hydroxylation is 1. The van der Waals surface area contributed by atoms with Crippen molar-refractivity contribution in [3.63, 3.8) is 0 Å². The van der Waals surface area contributed by atoms with Gasteiger partial charge in [-0.15, -0.1) is 0 Å². The van der Waals surface area contributed by atoms with E-state index in [4.69, 9.17) is 0 Å². The number of carbonyl (C=O) groups is 2. The normalized spacial score (nSPS) is 11.3. The molecule has 134 valence electrons. The Balaban J connectivity index is 1.88. The molecule has 2 rings (SSSR count). The number of allylic oxidation sites excluding steroid dienone is 2. The van der Waals surface area contributed by atoms with E-state index in [2.05, 4.69) is 5.32 Å². The van der Waals surface area contributed by atoms with Gasteiger partial charge in [-0.05, 0) is 60.5 Å². The largest absolute Gasteiger partial charge is 0.508 e. The highest BCUT2D eigenvalue weighted by molar-refractivity contribution is 6.10. The first kappa shape index (κ1) is 19.3. The third-order valence-corrected chi connectivity index (χ3v) is 3.85. The molecule has 0 aliphatic carbocycles. The summed E-state index contributed by atoms with van der Waals surface area (Å²) in [6, 6.07) is 12.9. The van der Waals surface area contributed by atoms with E-state index >= 15 is 0 Å². The predicted octanol–water partition coefficient (Wildman–Crippen LogP) is 3.67. The number of phenolic OH excluding ortho intramolecular Hbond substituents is 1. The van der Waals surface area contributed by atoms with Gasteiger partial charge in [-0.1, -0.05) is 42.5 Å². The molecule has 0 heterocycles. The van der Waals surface area contributed by atoms with Crippen molar-refractivity contribution in [2.75, 3.05) is 7.05 Å². The highest BCUT2D eigenvalue weighted by atomic mass is 16.3. The molecule has 0 aromatic heterocycles. The van der Waals surface area contributed by atoms with E-state index in [0.29, 0.717) is 0 Å². The first-order valence-electron chi connectivity index (χ1n) is 8.43. The van der Waals surface area contributed by atoms with Crippen LogP contribution in [-0.2, 0) is 16.1 Å². The van der Waals surface area contributed by atoms with Gasteiger partial charge in [-0.25, -0.2) is 0 Å². The molecule has 0 spiro atoms. The molecule has 0 saturated heterocycles. The Morgan fingerprint density at radius 2 is 1.54 bits per heavy atom. The molecule has 0 bridgehead atoms. The molecule has 0 amide bonds. The fourth-order valence-electron chi connectivity index (χ4n) is 2.40. The highest BCUT2D eigenvalue weighted by Gasteiger charge is 2.04. The van der Waals surface area contributed by atoms with Crippen LogP contribution in [0.2, 0.25) is 0 Å². The molecule has 0 atom stereocenters. The van der Waals surface area contributed by atoms with Crippen LogP contribution in [0.1, 0.15) is 28.7 Å². The molecule has 2 aromatic carbocycles. The summed E-state index contributed by atoms with van der Waals surface area (Å²) < 4.78 is 0. The lowest BCUT2D eigenvalue weighted by Crippen LogP contribution is -2.04. The van der Waals surface area contributed by atoms with E-state index < -0.39 is 0 Å². The zero-order valence-corrected chi connectivity index (χ0v) is 15.0. The fourth-order valence-corrected chi connectivity index (χ4v) is 2.40. The number of benzene rings is 2. The van der Waals surface area contributed by atoms with Gasteiger partial charge in [0.25, 0.3) is 0 Å². The Morgan fingerprint density at radius 1 is 0.962 bits per heavy atom. The summed E-state index contributed by atoms with van der Waals surface area (Å²) in [4.78, 5) is 23.8. The highest BCUT2D eigenvalue weighted by Crippen LogP contribution is 2.17. The van der Waals surface area contributed by atoms with Gasteiger partial charge in [0.1, 0.15) is 5.75 Å². The SMILES string of the molecule is CNCc1ccc(/C=C/C(=O)CC(=O)/C=C/c2ccc(O)c(C)c2)cc1. The first-order chi connectivity index (χ1) is 12.5. The first-order valence-corrected chi connectivity index (χ1v) is 8.43. The summed E-state index contributed by atoms with van der Waals surface area (Å²) in [5.74, 6) is -0.275. The molecule has 2 N–H and O–H groups in total. The van der Waals surface area contributed by atoms with Crippen molar-refractivity contribution in [2.45, 2.75) is 19.9 Å². The molecule has 4 heteroatoms. The topological polar surface area (TPSA) is 66.4 Å². The van der Waals surface area contributed by atoms with Gasteiger partial charge in [-0.3, -0.25) is 9.59 Å². The Hall–Kier alpha value is -2.98. The van der Waals surface area contributed by atoms with E-state index in [1.54, 1.807) is 37.3 Å². The monoisotopic (exact) mass is 349 g/mol. The second kappa shape index (κ2) is 9.49. The van der Waals surface area contributed by atoms with Crippen molar-refractivity contribution in [2.24, 2.45) is 0 Å². The van der Waals surface area contributed by atoms with Gasteiger partial charge in [0, 0.05) is 6.54 Å². The molecule has 4 nitrogen and oxygen atoms in total. The molecule has 0 radical (unpaired) electrons. The summed E-state index contributed by atoms with van der Waals surface area (Å²) in [5, 5.41) is 12.6. The van der Waals surface area contributed by atoms with Crippen LogP contribution in [0.5, 0.6) is 5.75 Å². The average molecular weight is 349 g/mol. The Kier molecular flexibility index (Phi) is 7.06. The number of carbonyl (C=O) groups excluding carboxylic acids is 2. The predicted molar refractivity (Wildman–Crippen MR) is 105 cm³/mol. The van der Waals surface area contributed by atoms with E-state index in [9.17, 15) is 14.7 Å². The lowest BCUT2D eigenvalue weighted by atomic mass is 10.1. The van der Waals surface area contributed by atoms with Crippen LogP contribution in [0, 0.1) is 6.92 Å². The van der Waals surface area contributed by atoms with Crippen LogP contribution in [0.4, 0.5) is 0 Å². The number of aromatic hydroxyl groups is 1. The third kappa shape index (κ3) is 6.15. The zero-order chi connectivity index (χ0) is 18.9. The molecular weight excluding hydrogens is 326 g/mol. The van der Waals surface area contributed by atoms with Crippen molar-refractivity contribution < 1.29 is 14.7 Å². The maximum Gasteiger partial charge on any atom is 0.163 e. The average Bonchev–Trinajstić information content (AvgIpc) is 2.62. The molecule has 0 saturated carbocycles. The second-order valence-electron chi connectivity index (χ2n) is 6.09. The summed E-state index contributed by atoms with van der Waals surface area (Å²) >= 11 is 0. The fraction of sp³-hybridized carbons (Fsp3) is 0.182. The van der Waals surface area contributed by atoms with Gasteiger partial charge in [0.15, 0.2) is 11.6 Å². The van der Waals surface area contributed by atoms with Crippen LogP contribution in [0.3, 0.4) is 0 Å². The lowest BCUT2D eigenvalue weighted by Gasteiger charge is -2.00. The maximum atomic E-state index is 11.9. The molecule has 26 heavy (non-hydrogen) atoms. The number of phenols is 1. The van der Waals surface area contributed by atoms with Crippen molar-refractivity contribution in [3.05, 3.63) is 76.9 Å². The number of hydrogen-bond acceptors (Lipinski definition) is 4. The molecule has 0 aliphatic heterocycles. The van der Waals surface area contributed by atoms with Crippen molar-refractivity contribution in [3.8, 4) is 5.75 Å². The van der Waals surface area contributed by atoms with Gasteiger partial charge >= 0.3 is 0 Å². The van der Waals surface area contributed by atoms with Crippen LogP contribution < -0.4 is 5.32 Å². The summed E-state index contributed by atoms with van der Waals surface area (Å²) in [7, 11) is 1.89. The Bertz CT molecular complexity index is 833. The summed E-state index contributed by atoms with van der Waals surface area (Å²) in [5.41, 5.74) is 3.62. The molecule has 0 fully saturated rings. The second-order valence-corrected chi connectivity index (χ2v) is 6.09. The number of hydrogen-bond donors (Lipinski definition) is 2. The number of nitrogens with one attached hydrogen (secondary N) is 1. The standard InChI is InChI=1S/C22H23NO3/c1-16-13-18(9-12-22(16)26)8-11-21(25)14-20(24)10-7-17-3-5-19(6-4-17)15-23-2/h3-13,23,26H,14-15H2,1-2H3/b10-7+,11-8+. The van der Waals surface area contributed by atoms with Gasteiger partial charge in [0.2, 0.25) is 0 Å². The van der Waals surface area contributed by atoms with Gasteiger partial charge in [0.05, 0.1) is 6.42 Å². The number of rotatable bonds is 8. The molecule has 2 aromatic rings. The minimum Gasteiger partial charge on any atom is -0.508 e. The van der Waals surface area contributed by atoms with E-state index in [0.717, 1.165) is 23.2 Å². The minimum absolute atomic E-state index is 0.165. The van der Waals surface area contributed by atoms with Crippen molar-refractivity contribution >= 4 is 23.7 Å². The van der Waals surface area contributed by atoms with Crippen LogP contribution in [-0.4, -0.2) is 23.7 Å². The van der Waals surface area contributed by atoms with E-state index in [-0.39, 0.29) is 23.7 Å². The van der Waals surface area contributed by atoms with Crippen molar-refractivity contribution in [1.82, 2.24) is 5.32 Å². The third-order valence-electron chi connectivity index (χ3n) is 3.85. The van der Waals surface area contributed by atoms with E-state index in [1.165, 1.54) is 17.7 Å². The maximum absolute atomic E-state index is 11.9. The van der Waals surface area contributed by atoms with Crippen LogP contribution in [0.15, 0.2) is 54.6 Å². The Morgan fingerprint density at radius 3 is 2.12 bits per heavy atom. The smallest absolute Gasteiger partial charge is 0.163 e. The minimum atomic E-state index is -0.255. The van der Waals surface area contributed by atoms with E-state index in [1.807, 2.05) is 31.3 Å². The lowest BCUT2D eigenvalue weighted by molar-refractivity contribution is -0.121. The molecular formula is C22H23NO3. The summed E-state index contributed by atoms with van der Waals surface area (Å²) in [6.45, 7) is 2.58. The summed E-state index contributed by atoms with van der Waals surface area (Å²) in [6.07, 6.45) is 6.02. The van der Waals surface area contributed by atoms with Gasteiger partial charge in [-0.2, -0.15) is 0 Å². The zero-order valence-electron chi connectivity index (χ0n) is 15.0. The Labute approximate surface area is 153 Å². The van der Waals surface area contributed by atoms with Crippen molar-refractivity contribution in [1.29, 1.82) is 0 Å². The van der Waals surface area contributed by atoms with Gasteiger partial charge < -0.3 is 10.4 Å². The van der Waals surface area contributed by atoms with Crippen LogP contribution in [0.25, 0.3) is 12.2 Å². The van der Waals surface area contributed by atoms with Crippen LogP contribution >= 0.6 is 0 Å². The quantitative estimate of drug-likeness (QED) is 0.564. The number of ketones is 2. The molecule has 0 aliphatic rings. The molecule has 0 unspecified atom stereocenters.